The lowest BCUT2D eigenvalue weighted by Crippen LogP contribution is -2.46. The maximum absolute atomic E-state index is 14.7. The smallest absolute Gasteiger partial charge is 0.237 e. The fourth-order valence-electron chi connectivity index (χ4n) is 7.10. The van der Waals surface area contributed by atoms with Crippen molar-refractivity contribution in [1.29, 1.82) is 0 Å². The van der Waals surface area contributed by atoms with Crippen LogP contribution in [0.15, 0.2) is 0 Å². The highest BCUT2D eigenvalue weighted by Crippen LogP contribution is 2.48. The van der Waals surface area contributed by atoms with Crippen LogP contribution in [-0.4, -0.2) is 67.6 Å². The van der Waals surface area contributed by atoms with Crippen molar-refractivity contribution in [2.24, 2.45) is 17.8 Å². The number of hydrazine groups is 1. The summed E-state index contributed by atoms with van der Waals surface area (Å²) < 4.78 is 21.2. The Bertz CT molecular complexity index is 607. The van der Waals surface area contributed by atoms with Gasteiger partial charge in [0.1, 0.15) is 6.17 Å². The summed E-state index contributed by atoms with van der Waals surface area (Å²) in [4.78, 5) is 12.5. The summed E-state index contributed by atoms with van der Waals surface area (Å²) in [5.74, 6) is 1.62. The van der Waals surface area contributed by atoms with Crippen LogP contribution in [0.1, 0.15) is 57.8 Å². The molecule has 5 fully saturated rings. The standard InChI is InChI=1S/C22H37FN4O2/c1-27-20-6-3-7-24-22(28)19-11-16(12-25-19)29-15-5-2-4-13(8-15)17-9-14(23)10-18(26-27)21(17)20/h13-21,25-26H,2-12H2,1H3,(H,24,28)/t13?,14?,15?,16-,17?,18?,19-,20?,21?/m0/s1. The number of ether oxygens (including phenoxy) is 1. The topological polar surface area (TPSA) is 65.6 Å². The highest BCUT2D eigenvalue weighted by molar-refractivity contribution is 5.82. The maximum Gasteiger partial charge on any atom is 0.237 e. The molecule has 0 spiro atoms. The molecule has 7 heteroatoms. The second kappa shape index (κ2) is 8.40. The van der Waals surface area contributed by atoms with Gasteiger partial charge in [0.15, 0.2) is 0 Å². The van der Waals surface area contributed by atoms with Crippen molar-refractivity contribution in [3.8, 4) is 0 Å². The third-order valence-corrected chi connectivity index (χ3v) is 8.35. The average Bonchev–Trinajstić information content (AvgIpc) is 3.28. The number of carbonyl (C=O) groups excluding carboxylic acids is 1. The Hall–Kier alpha value is -0.760. The molecule has 4 bridgehead atoms. The predicted molar refractivity (Wildman–Crippen MR) is 109 cm³/mol. The number of carbonyl (C=O) groups is 1. The first-order valence-electron chi connectivity index (χ1n) is 11.9. The number of alkyl halides is 1. The van der Waals surface area contributed by atoms with Crippen LogP contribution in [0.3, 0.4) is 0 Å². The monoisotopic (exact) mass is 408 g/mol. The molecule has 0 aromatic carbocycles. The molecule has 9 atom stereocenters. The van der Waals surface area contributed by atoms with E-state index in [1.165, 1.54) is 12.8 Å². The number of amides is 1. The van der Waals surface area contributed by atoms with Crippen LogP contribution in [0.5, 0.6) is 0 Å². The number of hydrogen-bond donors (Lipinski definition) is 3. The zero-order valence-electron chi connectivity index (χ0n) is 17.6. The molecule has 2 saturated carbocycles. The molecule has 7 unspecified atom stereocenters. The molecule has 164 valence electrons. The molecule has 3 heterocycles. The van der Waals surface area contributed by atoms with Crippen LogP contribution in [0.2, 0.25) is 0 Å². The lowest BCUT2D eigenvalue weighted by molar-refractivity contribution is -0.123. The van der Waals surface area contributed by atoms with Gasteiger partial charge >= 0.3 is 0 Å². The van der Waals surface area contributed by atoms with E-state index in [1.54, 1.807) is 0 Å². The molecule has 2 aliphatic carbocycles. The number of fused-ring (bicyclic) bond motifs is 5. The van der Waals surface area contributed by atoms with E-state index in [4.69, 9.17) is 4.74 Å². The van der Waals surface area contributed by atoms with Gasteiger partial charge in [0.25, 0.3) is 0 Å². The Morgan fingerprint density at radius 3 is 2.86 bits per heavy atom. The highest BCUT2D eigenvalue weighted by atomic mass is 19.1. The van der Waals surface area contributed by atoms with Gasteiger partial charge in [-0.2, -0.15) is 0 Å². The molecule has 0 aromatic heterocycles. The van der Waals surface area contributed by atoms with Gasteiger partial charge in [0.2, 0.25) is 5.91 Å². The zero-order valence-corrected chi connectivity index (χ0v) is 17.6. The van der Waals surface area contributed by atoms with Gasteiger partial charge in [0.05, 0.1) is 18.2 Å². The van der Waals surface area contributed by atoms with Gasteiger partial charge in [0, 0.05) is 32.2 Å². The van der Waals surface area contributed by atoms with E-state index in [0.717, 1.165) is 38.6 Å². The van der Waals surface area contributed by atoms with Crippen molar-refractivity contribution >= 4 is 5.91 Å². The lowest BCUT2D eigenvalue weighted by atomic mass is 9.63. The summed E-state index contributed by atoms with van der Waals surface area (Å²) >= 11 is 0. The largest absolute Gasteiger partial charge is 0.374 e. The van der Waals surface area contributed by atoms with Gasteiger partial charge < -0.3 is 15.4 Å². The van der Waals surface area contributed by atoms with Crippen LogP contribution in [0, 0.1) is 17.8 Å². The predicted octanol–water partition coefficient (Wildman–Crippen LogP) is 1.75. The first kappa shape index (κ1) is 20.2. The number of rotatable bonds is 0. The molecule has 3 N–H and O–H groups in total. The molecule has 3 aliphatic heterocycles. The van der Waals surface area contributed by atoms with E-state index in [1.807, 2.05) is 0 Å². The Labute approximate surface area is 173 Å². The van der Waals surface area contributed by atoms with Crippen molar-refractivity contribution in [2.45, 2.75) is 94.3 Å². The molecule has 29 heavy (non-hydrogen) atoms. The number of halogens is 1. The third kappa shape index (κ3) is 4.08. The van der Waals surface area contributed by atoms with Crippen molar-refractivity contribution in [3.05, 3.63) is 0 Å². The summed E-state index contributed by atoms with van der Waals surface area (Å²) in [5, 5.41) is 8.72. The van der Waals surface area contributed by atoms with E-state index in [2.05, 4.69) is 28.1 Å². The van der Waals surface area contributed by atoms with E-state index in [-0.39, 0.29) is 30.2 Å². The van der Waals surface area contributed by atoms with E-state index in [0.29, 0.717) is 43.2 Å². The molecular weight excluding hydrogens is 371 g/mol. The minimum atomic E-state index is -0.691. The van der Waals surface area contributed by atoms with E-state index in [9.17, 15) is 9.18 Å². The van der Waals surface area contributed by atoms with Gasteiger partial charge in [-0.05, 0) is 69.1 Å². The highest BCUT2D eigenvalue weighted by Gasteiger charge is 2.51. The van der Waals surface area contributed by atoms with Crippen LogP contribution in [0.25, 0.3) is 0 Å². The number of nitrogens with one attached hydrogen (secondary N) is 3. The van der Waals surface area contributed by atoms with Crippen LogP contribution < -0.4 is 16.1 Å². The molecule has 0 aromatic rings. The summed E-state index contributed by atoms with van der Waals surface area (Å²) in [5.41, 5.74) is 3.59. The first-order chi connectivity index (χ1) is 14.1. The summed E-state index contributed by atoms with van der Waals surface area (Å²) in [6.45, 7) is 1.48. The molecular formula is C22H37FN4O2. The summed E-state index contributed by atoms with van der Waals surface area (Å²) in [6, 6.07) is 0.556. The Kier molecular flexibility index (Phi) is 5.84. The van der Waals surface area contributed by atoms with E-state index >= 15 is 0 Å². The number of hydrogen-bond acceptors (Lipinski definition) is 5. The van der Waals surface area contributed by atoms with Crippen molar-refractivity contribution in [3.63, 3.8) is 0 Å². The quantitative estimate of drug-likeness (QED) is 0.570. The Morgan fingerprint density at radius 1 is 1.07 bits per heavy atom. The zero-order chi connectivity index (χ0) is 20.0. The molecule has 6 nitrogen and oxygen atoms in total. The molecule has 5 rings (SSSR count). The molecule has 1 amide bonds. The lowest BCUT2D eigenvalue weighted by Gasteiger charge is -2.44. The third-order valence-electron chi connectivity index (χ3n) is 8.35. The molecule has 5 aliphatic rings. The van der Waals surface area contributed by atoms with E-state index < -0.39 is 6.17 Å². The fourth-order valence-corrected chi connectivity index (χ4v) is 7.10. The van der Waals surface area contributed by atoms with Gasteiger partial charge in [-0.15, -0.1) is 0 Å². The second-order valence-corrected chi connectivity index (χ2v) is 10.2. The van der Waals surface area contributed by atoms with Crippen molar-refractivity contribution in [1.82, 2.24) is 21.1 Å². The minimum Gasteiger partial charge on any atom is -0.374 e. The van der Waals surface area contributed by atoms with Crippen LogP contribution >= 0.6 is 0 Å². The van der Waals surface area contributed by atoms with Gasteiger partial charge in [-0.25, -0.2) is 9.40 Å². The normalized spacial score (nSPS) is 49.0. The van der Waals surface area contributed by atoms with Gasteiger partial charge in [-0.3, -0.25) is 10.2 Å². The minimum absolute atomic E-state index is 0.110. The summed E-state index contributed by atoms with van der Waals surface area (Å²) in [7, 11) is 2.12. The van der Waals surface area contributed by atoms with Gasteiger partial charge in [-0.1, -0.05) is 6.42 Å². The number of nitrogens with zero attached hydrogens (tertiary/aromatic N) is 1. The molecule has 0 radical (unpaired) electrons. The summed E-state index contributed by atoms with van der Waals surface area (Å²) in [6.07, 6.45) is 8.39. The van der Waals surface area contributed by atoms with Crippen molar-refractivity contribution < 1.29 is 13.9 Å². The average molecular weight is 409 g/mol. The maximum atomic E-state index is 14.7. The van der Waals surface area contributed by atoms with Crippen LogP contribution in [0.4, 0.5) is 4.39 Å². The Morgan fingerprint density at radius 2 is 1.97 bits per heavy atom. The second-order valence-electron chi connectivity index (χ2n) is 10.2. The van der Waals surface area contributed by atoms with Crippen LogP contribution in [-0.2, 0) is 9.53 Å². The fraction of sp³-hybridized carbons (Fsp3) is 0.955. The Balaban J connectivity index is 1.39. The SMILES string of the molecule is CN1NC2CC(F)CC3C4CCCC(C4)O[C@@H]4CN[C@@H](C4)C(=O)NCCCC1C23. The molecule has 3 saturated heterocycles. The van der Waals surface area contributed by atoms with Crippen molar-refractivity contribution in [2.75, 3.05) is 20.1 Å². The first-order valence-corrected chi connectivity index (χ1v) is 11.9.